The fourth-order valence-electron chi connectivity index (χ4n) is 3.41. The number of imidazole rings is 1. The van der Waals surface area contributed by atoms with Crippen molar-refractivity contribution in [2.45, 2.75) is 25.3 Å². The van der Waals surface area contributed by atoms with Crippen molar-refractivity contribution in [3.05, 3.63) is 64.1 Å². The van der Waals surface area contributed by atoms with E-state index in [4.69, 9.17) is 0 Å². The van der Waals surface area contributed by atoms with Gasteiger partial charge in [0, 0.05) is 6.54 Å². The summed E-state index contributed by atoms with van der Waals surface area (Å²) in [7, 11) is 0. The third kappa shape index (κ3) is 3.18. The molecule has 2 aromatic carbocycles. The molecule has 2 heterocycles. The molecule has 0 aliphatic carbocycles. The maximum Gasteiger partial charge on any atom is 0.227 e. The molecule has 128 valence electrons. The number of halogens is 2. The van der Waals surface area contributed by atoms with Crippen molar-refractivity contribution < 1.29 is 9.18 Å². The number of nitrogens with zero attached hydrogens (tertiary/aromatic N) is 2. The standard InChI is InChI=1S/C19H17BrFN3O/c20-13-10-12(7-8-14(13)21)11-18(25)24-9-3-6-17(24)19-22-15-4-1-2-5-16(15)23-19/h1-2,4-5,7-8,10,17H,3,6,9,11H2,(H,22,23). The molecule has 0 saturated carbocycles. The van der Waals surface area contributed by atoms with Gasteiger partial charge in [-0.15, -0.1) is 0 Å². The molecule has 1 amide bonds. The zero-order valence-electron chi connectivity index (χ0n) is 13.5. The van der Waals surface area contributed by atoms with Crippen LogP contribution < -0.4 is 0 Å². The molecule has 1 aromatic heterocycles. The van der Waals surface area contributed by atoms with Crippen LogP contribution in [0.1, 0.15) is 30.3 Å². The minimum atomic E-state index is -0.322. The summed E-state index contributed by atoms with van der Waals surface area (Å²) in [6.45, 7) is 0.725. The molecule has 1 fully saturated rings. The maximum absolute atomic E-state index is 13.4. The van der Waals surface area contributed by atoms with Gasteiger partial charge in [0.15, 0.2) is 0 Å². The molecule has 1 unspecified atom stereocenters. The number of carbonyl (C=O) groups excluding carboxylic acids is 1. The molecule has 4 rings (SSSR count). The first-order chi connectivity index (χ1) is 12.1. The van der Waals surface area contributed by atoms with Crippen LogP contribution in [-0.2, 0) is 11.2 Å². The lowest BCUT2D eigenvalue weighted by Gasteiger charge is -2.23. The van der Waals surface area contributed by atoms with Crippen molar-refractivity contribution in [1.82, 2.24) is 14.9 Å². The molecule has 0 spiro atoms. The summed E-state index contributed by atoms with van der Waals surface area (Å²) >= 11 is 3.17. The predicted octanol–water partition coefficient (Wildman–Crippen LogP) is 4.37. The van der Waals surface area contributed by atoms with E-state index in [0.29, 0.717) is 4.47 Å². The van der Waals surface area contributed by atoms with Crippen LogP contribution in [0.2, 0.25) is 0 Å². The fourth-order valence-corrected chi connectivity index (χ4v) is 3.83. The van der Waals surface area contributed by atoms with Gasteiger partial charge in [0.25, 0.3) is 0 Å². The summed E-state index contributed by atoms with van der Waals surface area (Å²) in [5.74, 6) is 0.561. The van der Waals surface area contributed by atoms with Crippen LogP contribution in [0.5, 0.6) is 0 Å². The Morgan fingerprint density at radius 3 is 2.96 bits per heavy atom. The number of fused-ring (bicyclic) bond motifs is 1. The van der Waals surface area contributed by atoms with Gasteiger partial charge in [0.2, 0.25) is 5.91 Å². The Balaban J connectivity index is 1.56. The van der Waals surface area contributed by atoms with E-state index in [1.165, 1.54) is 6.07 Å². The van der Waals surface area contributed by atoms with E-state index in [2.05, 4.69) is 25.9 Å². The van der Waals surface area contributed by atoms with Crippen molar-refractivity contribution in [3.63, 3.8) is 0 Å². The zero-order valence-corrected chi connectivity index (χ0v) is 15.1. The number of hydrogen-bond acceptors (Lipinski definition) is 2. The summed E-state index contributed by atoms with van der Waals surface area (Å²) in [6.07, 6.45) is 2.12. The molecular weight excluding hydrogens is 385 g/mol. The van der Waals surface area contributed by atoms with Gasteiger partial charge in [0.05, 0.1) is 28.0 Å². The van der Waals surface area contributed by atoms with Gasteiger partial charge < -0.3 is 9.88 Å². The molecule has 25 heavy (non-hydrogen) atoms. The molecule has 0 bridgehead atoms. The highest BCUT2D eigenvalue weighted by Crippen LogP contribution is 2.32. The van der Waals surface area contributed by atoms with Crippen LogP contribution >= 0.6 is 15.9 Å². The minimum Gasteiger partial charge on any atom is -0.340 e. The van der Waals surface area contributed by atoms with Crippen molar-refractivity contribution in [1.29, 1.82) is 0 Å². The normalized spacial score (nSPS) is 17.4. The average Bonchev–Trinajstić information content (AvgIpc) is 3.24. The van der Waals surface area contributed by atoms with E-state index >= 15 is 0 Å². The van der Waals surface area contributed by atoms with Crippen LogP contribution in [0.3, 0.4) is 0 Å². The summed E-state index contributed by atoms with van der Waals surface area (Å²) < 4.78 is 13.7. The molecule has 0 radical (unpaired) electrons. The highest BCUT2D eigenvalue weighted by atomic mass is 79.9. The monoisotopic (exact) mass is 401 g/mol. The van der Waals surface area contributed by atoms with Crippen LogP contribution in [0, 0.1) is 5.82 Å². The van der Waals surface area contributed by atoms with Crippen LogP contribution in [0.4, 0.5) is 4.39 Å². The molecule has 3 aromatic rings. The first-order valence-electron chi connectivity index (χ1n) is 8.30. The van der Waals surface area contributed by atoms with E-state index in [0.717, 1.165) is 41.8 Å². The number of H-pyrrole nitrogens is 1. The summed E-state index contributed by atoms with van der Waals surface area (Å²) in [5.41, 5.74) is 2.70. The fraction of sp³-hybridized carbons (Fsp3) is 0.263. The number of aromatic amines is 1. The third-order valence-corrected chi connectivity index (χ3v) is 5.24. The number of hydrogen-bond donors (Lipinski definition) is 1. The first-order valence-corrected chi connectivity index (χ1v) is 9.09. The highest BCUT2D eigenvalue weighted by molar-refractivity contribution is 9.10. The van der Waals surface area contributed by atoms with E-state index in [1.807, 2.05) is 29.2 Å². The number of likely N-dealkylation sites (tertiary alicyclic amines) is 1. The van der Waals surface area contributed by atoms with Gasteiger partial charge in [-0.2, -0.15) is 0 Å². The van der Waals surface area contributed by atoms with Gasteiger partial charge in [-0.3, -0.25) is 4.79 Å². The SMILES string of the molecule is O=C(Cc1ccc(F)c(Br)c1)N1CCCC1c1nc2ccccc2[nH]1. The van der Waals surface area contributed by atoms with Gasteiger partial charge in [-0.05, 0) is 58.6 Å². The van der Waals surface area contributed by atoms with Gasteiger partial charge in [-0.1, -0.05) is 18.2 Å². The predicted molar refractivity (Wildman–Crippen MR) is 97.6 cm³/mol. The number of rotatable bonds is 3. The minimum absolute atomic E-state index is 0.0243. The number of aromatic nitrogens is 2. The number of carbonyl (C=O) groups is 1. The van der Waals surface area contributed by atoms with Gasteiger partial charge >= 0.3 is 0 Å². The smallest absolute Gasteiger partial charge is 0.227 e. The van der Waals surface area contributed by atoms with Crippen molar-refractivity contribution in [2.24, 2.45) is 0 Å². The number of amides is 1. The Morgan fingerprint density at radius 2 is 2.16 bits per heavy atom. The Hall–Kier alpha value is -2.21. The van der Waals surface area contributed by atoms with Crippen LogP contribution in [-0.4, -0.2) is 27.3 Å². The zero-order chi connectivity index (χ0) is 17.4. The van der Waals surface area contributed by atoms with Gasteiger partial charge in [0.1, 0.15) is 11.6 Å². The lowest BCUT2D eigenvalue weighted by atomic mass is 10.1. The molecular formula is C19H17BrFN3O. The Morgan fingerprint density at radius 1 is 1.32 bits per heavy atom. The van der Waals surface area contributed by atoms with Crippen LogP contribution in [0.15, 0.2) is 46.9 Å². The largest absolute Gasteiger partial charge is 0.340 e. The maximum atomic E-state index is 13.4. The number of benzene rings is 2. The molecule has 1 aliphatic rings. The molecule has 1 saturated heterocycles. The second-order valence-electron chi connectivity index (χ2n) is 6.31. The topological polar surface area (TPSA) is 49.0 Å². The molecule has 1 aliphatic heterocycles. The molecule has 1 N–H and O–H groups in total. The third-order valence-electron chi connectivity index (χ3n) is 4.64. The molecule has 1 atom stereocenters. The number of para-hydroxylation sites is 2. The van der Waals surface area contributed by atoms with E-state index < -0.39 is 0 Å². The van der Waals surface area contributed by atoms with Crippen LogP contribution in [0.25, 0.3) is 11.0 Å². The quantitative estimate of drug-likeness (QED) is 0.708. The van der Waals surface area contributed by atoms with E-state index in [9.17, 15) is 9.18 Å². The van der Waals surface area contributed by atoms with Crippen molar-refractivity contribution in [2.75, 3.05) is 6.54 Å². The summed E-state index contributed by atoms with van der Waals surface area (Å²) in [6, 6.07) is 12.6. The lowest BCUT2D eigenvalue weighted by Crippen LogP contribution is -2.32. The van der Waals surface area contributed by atoms with Crippen molar-refractivity contribution >= 4 is 32.9 Å². The Bertz CT molecular complexity index is 906. The second-order valence-corrected chi connectivity index (χ2v) is 7.16. The Labute approximate surface area is 153 Å². The highest BCUT2D eigenvalue weighted by Gasteiger charge is 2.32. The van der Waals surface area contributed by atoms with Crippen molar-refractivity contribution in [3.8, 4) is 0 Å². The molecule has 4 nitrogen and oxygen atoms in total. The Kier molecular flexibility index (Phi) is 4.29. The van der Waals surface area contributed by atoms with E-state index in [-0.39, 0.29) is 24.2 Å². The summed E-state index contributed by atoms with van der Waals surface area (Å²) in [5, 5.41) is 0. The number of nitrogens with one attached hydrogen (secondary N) is 1. The molecule has 6 heteroatoms. The second kappa shape index (κ2) is 6.59. The van der Waals surface area contributed by atoms with E-state index in [1.54, 1.807) is 12.1 Å². The summed E-state index contributed by atoms with van der Waals surface area (Å²) in [4.78, 5) is 22.7. The van der Waals surface area contributed by atoms with Gasteiger partial charge in [-0.25, -0.2) is 9.37 Å². The first kappa shape index (κ1) is 16.3. The lowest BCUT2D eigenvalue weighted by molar-refractivity contribution is -0.131. The average molecular weight is 402 g/mol.